The van der Waals surface area contributed by atoms with Gasteiger partial charge >= 0.3 is 0 Å². The molecule has 0 N–H and O–H groups in total. The summed E-state index contributed by atoms with van der Waals surface area (Å²) >= 11 is 0. The molecule has 1 atom stereocenters. The Morgan fingerprint density at radius 1 is 1.20 bits per heavy atom. The van der Waals surface area contributed by atoms with Crippen LogP contribution in [0.1, 0.15) is 32.5 Å². The van der Waals surface area contributed by atoms with Gasteiger partial charge in [-0.15, -0.1) is 10.2 Å². The van der Waals surface area contributed by atoms with E-state index in [4.69, 9.17) is 4.74 Å². The summed E-state index contributed by atoms with van der Waals surface area (Å²) in [7, 11) is -1.33. The van der Waals surface area contributed by atoms with Crippen LogP contribution >= 0.6 is 0 Å². The molecule has 0 aliphatic carbocycles. The standard InChI is InChI=1S/C16H29N5O3S/c1-13(2)11-15-17-18-16(19(15)3)20-6-4-5-14(12-20)25(22,23)21-7-9-24-10-8-21/h13-14H,4-12H2,1-3H3. The van der Waals surface area contributed by atoms with E-state index in [0.717, 1.165) is 31.2 Å². The van der Waals surface area contributed by atoms with Gasteiger partial charge in [0.15, 0.2) is 0 Å². The van der Waals surface area contributed by atoms with Crippen molar-refractivity contribution in [3.63, 3.8) is 0 Å². The average Bonchev–Trinajstić information content (AvgIpc) is 2.96. The van der Waals surface area contributed by atoms with Gasteiger partial charge in [-0.25, -0.2) is 8.42 Å². The van der Waals surface area contributed by atoms with E-state index in [-0.39, 0.29) is 5.25 Å². The predicted molar refractivity (Wildman–Crippen MR) is 96.1 cm³/mol. The van der Waals surface area contributed by atoms with E-state index in [1.54, 1.807) is 4.31 Å². The molecule has 2 aliphatic heterocycles. The first kappa shape index (κ1) is 18.6. The summed E-state index contributed by atoms with van der Waals surface area (Å²) < 4.78 is 34.8. The van der Waals surface area contributed by atoms with E-state index in [9.17, 15) is 8.42 Å². The number of sulfonamides is 1. The third kappa shape index (κ3) is 3.98. The van der Waals surface area contributed by atoms with Crippen molar-refractivity contribution in [1.29, 1.82) is 0 Å². The molecule has 8 nitrogen and oxygen atoms in total. The number of morpholine rings is 1. The van der Waals surface area contributed by atoms with Crippen LogP contribution in [0.5, 0.6) is 0 Å². The zero-order valence-electron chi connectivity index (χ0n) is 15.4. The molecule has 0 spiro atoms. The first-order chi connectivity index (χ1) is 11.9. The third-order valence-electron chi connectivity index (χ3n) is 4.95. The van der Waals surface area contributed by atoms with Gasteiger partial charge in [-0.3, -0.25) is 0 Å². The number of piperidine rings is 1. The topological polar surface area (TPSA) is 80.6 Å². The number of rotatable bonds is 5. The fraction of sp³-hybridized carbons (Fsp3) is 0.875. The highest BCUT2D eigenvalue weighted by Gasteiger charge is 2.37. The van der Waals surface area contributed by atoms with Crippen molar-refractivity contribution in [1.82, 2.24) is 19.1 Å². The SMILES string of the molecule is CC(C)Cc1nnc(N2CCCC(S(=O)(=O)N3CCOCC3)C2)n1C. The zero-order chi connectivity index (χ0) is 18.0. The minimum absolute atomic E-state index is 0.385. The fourth-order valence-electron chi connectivity index (χ4n) is 3.55. The molecular formula is C16H29N5O3S. The first-order valence-corrected chi connectivity index (χ1v) is 10.6. The fourth-order valence-corrected chi connectivity index (χ4v) is 5.46. The van der Waals surface area contributed by atoms with E-state index in [2.05, 4.69) is 28.9 Å². The normalized spacial score (nSPS) is 23.4. The van der Waals surface area contributed by atoms with E-state index < -0.39 is 10.0 Å². The quantitative estimate of drug-likeness (QED) is 0.756. The molecular weight excluding hydrogens is 342 g/mol. The summed E-state index contributed by atoms with van der Waals surface area (Å²) in [4.78, 5) is 2.07. The highest BCUT2D eigenvalue weighted by molar-refractivity contribution is 7.89. The third-order valence-corrected chi connectivity index (χ3v) is 7.26. The van der Waals surface area contributed by atoms with Crippen LogP contribution in [0.25, 0.3) is 0 Å². The molecule has 3 heterocycles. The molecule has 1 aromatic rings. The Hall–Kier alpha value is -1.19. The van der Waals surface area contributed by atoms with E-state index in [1.807, 2.05) is 11.6 Å². The van der Waals surface area contributed by atoms with Crippen molar-refractivity contribution in [2.24, 2.45) is 13.0 Å². The number of anilines is 1. The van der Waals surface area contributed by atoms with Crippen LogP contribution in [0.15, 0.2) is 0 Å². The molecule has 2 fully saturated rings. The van der Waals surface area contributed by atoms with Crippen LogP contribution in [-0.2, 0) is 28.2 Å². The zero-order valence-corrected chi connectivity index (χ0v) is 16.2. The molecule has 1 unspecified atom stereocenters. The van der Waals surface area contributed by atoms with Crippen molar-refractivity contribution < 1.29 is 13.2 Å². The molecule has 2 aliphatic rings. The molecule has 9 heteroatoms. The van der Waals surface area contributed by atoms with Gasteiger partial charge in [-0.1, -0.05) is 13.8 Å². The lowest BCUT2D eigenvalue weighted by molar-refractivity contribution is 0.0725. The van der Waals surface area contributed by atoms with Crippen LogP contribution in [0.2, 0.25) is 0 Å². The molecule has 2 saturated heterocycles. The minimum atomic E-state index is -3.30. The molecule has 0 radical (unpaired) electrons. The van der Waals surface area contributed by atoms with E-state index >= 15 is 0 Å². The molecule has 0 saturated carbocycles. The van der Waals surface area contributed by atoms with Crippen LogP contribution in [-0.4, -0.2) is 72.1 Å². The number of hydrogen-bond acceptors (Lipinski definition) is 6. The second-order valence-corrected chi connectivity index (χ2v) is 9.55. The lowest BCUT2D eigenvalue weighted by atomic mass is 10.1. The summed E-state index contributed by atoms with van der Waals surface area (Å²) in [6.07, 6.45) is 2.42. The molecule has 0 bridgehead atoms. The predicted octanol–water partition coefficient (Wildman–Crippen LogP) is 0.644. The second-order valence-electron chi connectivity index (χ2n) is 7.34. The minimum Gasteiger partial charge on any atom is -0.379 e. The van der Waals surface area contributed by atoms with Crippen LogP contribution in [0.3, 0.4) is 0 Å². The van der Waals surface area contributed by atoms with Crippen molar-refractivity contribution in [2.75, 3.05) is 44.3 Å². The maximum Gasteiger partial charge on any atom is 0.227 e. The van der Waals surface area contributed by atoms with Gasteiger partial charge in [0.05, 0.1) is 18.5 Å². The lowest BCUT2D eigenvalue weighted by Crippen LogP contribution is -2.51. The summed E-state index contributed by atoms with van der Waals surface area (Å²) in [5, 5.41) is 8.25. The van der Waals surface area contributed by atoms with Gasteiger partial charge < -0.3 is 14.2 Å². The number of nitrogens with zero attached hydrogens (tertiary/aromatic N) is 5. The molecule has 3 rings (SSSR count). The lowest BCUT2D eigenvalue weighted by Gasteiger charge is -2.36. The van der Waals surface area contributed by atoms with Crippen LogP contribution in [0.4, 0.5) is 5.95 Å². The maximum absolute atomic E-state index is 13.0. The summed E-state index contributed by atoms with van der Waals surface area (Å²) in [5.41, 5.74) is 0. The molecule has 25 heavy (non-hydrogen) atoms. The van der Waals surface area contributed by atoms with Gasteiger partial charge in [0, 0.05) is 39.6 Å². The highest BCUT2D eigenvalue weighted by Crippen LogP contribution is 2.25. The van der Waals surface area contributed by atoms with Crippen LogP contribution < -0.4 is 4.90 Å². The van der Waals surface area contributed by atoms with Crippen molar-refractivity contribution in [3.8, 4) is 0 Å². The van der Waals surface area contributed by atoms with Crippen molar-refractivity contribution in [3.05, 3.63) is 5.82 Å². The number of hydrogen-bond donors (Lipinski definition) is 0. The number of ether oxygens (including phenoxy) is 1. The van der Waals surface area contributed by atoms with Gasteiger partial charge in [0.25, 0.3) is 0 Å². The largest absolute Gasteiger partial charge is 0.379 e. The molecule has 142 valence electrons. The monoisotopic (exact) mass is 371 g/mol. The Kier molecular flexibility index (Phi) is 5.65. The van der Waals surface area contributed by atoms with E-state index in [0.29, 0.717) is 45.2 Å². The van der Waals surface area contributed by atoms with Crippen molar-refractivity contribution >= 4 is 16.0 Å². The molecule has 0 amide bonds. The Morgan fingerprint density at radius 3 is 2.60 bits per heavy atom. The van der Waals surface area contributed by atoms with Gasteiger partial charge in [0.2, 0.25) is 16.0 Å². The molecule has 1 aromatic heterocycles. The maximum atomic E-state index is 13.0. The Labute approximate surface area is 150 Å². The molecule has 0 aromatic carbocycles. The van der Waals surface area contributed by atoms with Gasteiger partial charge in [0.1, 0.15) is 5.82 Å². The smallest absolute Gasteiger partial charge is 0.227 e. The van der Waals surface area contributed by atoms with Gasteiger partial charge in [-0.05, 0) is 18.8 Å². The first-order valence-electron chi connectivity index (χ1n) is 9.09. The van der Waals surface area contributed by atoms with Gasteiger partial charge in [-0.2, -0.15) is 4.31 Å². The van der Waals surface area contributed by atoms with Crippen LogP contribution in [0, 0.1) is 5.92 Å². The highest BCUT2D eigenvalue weighted by atomic mass is 32.2. The Bertz CT molecular complexity index is 682. The summed E-state index contributed by atoms with van der Waals surface area (Å²) in [6, 6.07) is 0. The second kappa shape index (κ2) is 7.59. The van der Waals surface area contributed by atoms with Crippen molar-refractivity contribution in [2.45, 2.75) is 38.4 Å². The average molecular weight is 372 g/mol. The Morgan fingerprint density at radius 2 is 1.92 bits per heavy atom. The Balaban J connectivity index is 1.74. The van der Waals surface area contributed by atoms with E-state index in [1.165, 1.54) is 0 Å². The summed E-state index contributed by atoms with van der Waals surface area (Å²) in [6.45, 7) is 7.49. The number of aromatic nitrogens is 3. The summed E-state index contributed by atoms with van der Waals surface area (Å²) in [5.74, 6) is 2.23.